The standard InChI is InChI=1S/C7H14Cl2N2O/c1-10(2)7(12)11(5-3-8)6-4-9/h3-6H2,1-2H3. The lowest BCUT2D eigenvalue weighted by atomic mass is 10.5. The SMILES string of the molecule is CN(C)C(=O)N(CCCl)CCCl. The van der Waals surface area contributed by atoms with Gasteiger partial charge in [0, 0.05) is 38.9 Å². The largest absolute Gasteiger partial charge is 0.331 e. The van der Waals surface area contributed by atoms with Gasteiger partial charge < -0.3 is 9.80 Å². The number of alkyl halides is 2. The summed E-state index contributed by atoms with van der Waals surface area (Å²) in [6.07, 6.45) is 0. The van der Waals surface area contributed by atoms with Crippen molar-refractivity contribution in [3.63, 3.8) is 0 Å². The molecule has 0 heterocycles. The first-order valence-corrected chi connectivity index (χ1v) is 4.78. The Balaban J connectivity index is 3.99. The van der Waals surface area contributed by atoms with Crippen LogP contribution in [-0.4, -0.2) is 54.8 Å². The third-order valence-electron chi connectivity index (χ3n) is 1.36. The second-order valence-electron chi connectivity index (χ2n) is 2.54. The fraction of sp³-hybridized carbons (Fsp3) is 0.857. The van der Waals surface area contributed by atoms with Crippen molar-refractivity contribution in [3.05, 3.63) is 0 Å². The summed E-state index contributed by atoms with van der Waals surface area (Å²) in [7, 11) is 3.41. The molecule has 0 unspecified atom stereocenters. The van der Waals surface area contributed by atoms with Crippen LogP contribution in [0.5, 0.6) is 0 Å². The van der Waals surface area contributed by atoms with Crippen LogP contribution in [0.25, 0.3) is 0 Å². The van der Waals surface area contributed by atoms with Crippen molar-refractivity contribution in [2.75, 3.05) is 38.9 Å². The summed E-state index contributed by atoms with van der Waals surface area (Å²) in [4.78, 5) is 14.5. The van der Waals surface area contributed by atoms with Crippen molar-refractivity contribution in [1.82, 2.24) is 9.80 Å². The topological polar surface area (TPSA) is 23.6 Å². The maximum Gasteiger partial charge on any atom is 0.319 e. The molecule has 0 saturated heterocycles. The summed E-state index contributed by atoms with van der Waals surface area (Å²) >= 11 is 11.1. The Kier molecular flexibility index (Phi) is 6.30. The minimum atomic E-state index is -0.0451. The third-order valence-corrected chi connectivity index (χ3v) is 1.70. The number of rotatable bonds is 4. The first-order valence-electron chi connectivity index (χ1n) is 3.71. The molecule has 2 amide bonds. The van der Waals surface area contributed by atoms with Crippen LogP contribution < -0.4 is 0 Å². The van der Waals surface area contributed by atoms with E-state index >= 15 is 0 Å². The molecule has 3 nitrogen and oxygen atoms in total. The van der Waals surface area contributed by atoms with Gasteiger partial charge >= 0.3 is 6.03 Å². The molecule has 0 fully saturated rings. The van der Waals surface area contributed by atoms with Crippen molar-refractivity contribution in [1.29, 1.82) is 0 Å². The van der Waals surface area contributed by atoms with Crippen LogP contribution in [0.1, 0.15) is 0 Å². The van der Waals surface area contributed by atoms with Crippen molar-refractivity contribution >= 4 is 29.2 Å². The molecular formula is C7H14Cl2N2O. The van der Waals surface area contributed by atoms with Gasteiger partial charge in [-0.1, -0.05) is 0 Å². The Morgan fingerprint density at radius 1 is 1.17 bits per heavy atom. The highest BCUT2D eigenvalue weighted by molar-refractivity contribution is 6.18. The molecule has 0 rings (SSSR count). The van der Waals surface area contributed by atoms with E-state index < -0.39 is 0 Å². The average Bonchev–Trinajstić information content (AvgIpc) is 2.03. The molecule has 0 aromatic heterocycles. The second-order valence-corrected chi connectivity index (χ2v) is 3.30. The smallest absolute Gasteiger partial charge is 0.319 e. The third kappa shape index (κ3) is 4.02. The fourth-order valence-corrected chi connectivity index (χ4v) is 1.20. The van der Waals surface area contributed by atoms with E-state index in [1.165, 1.54) is 4.90 Å². The van der Waals surface area contributed by atoms with Crippen LogP contribution in [-0.2, 0) is 0 Å². The number of nitrogens with zero attached hydrogens (tertiary/aromatic N) is 2. The Bertz CT molecular complexity index is 135. The molecule has 0 aromatic rings. The van der Waals surface area contributed by atoms with E-state index in [0.29, 0.717) is 24.8 Å². The zero-order valence-electron chi connectivity index (χ0n) is 7.39. The predicted octanol–water partition coefficient (Wildman–Crippen LogP) is 1.45. The van der Waals surface area contributed by atoms with E-state index in [2.05, 4.69) is 0 Å². The van der Waals surface area contributed by atoms with Gasteiger partial charge in [-0.25, -0.2) is 4.79 Å². The molecule has 0 aromatic carbocycles. The fourth-order valence-electron chi connectivity index (χ4n) is 0.790. The van der Waals surface area contributed by atoms with Gasteiger partial charge in [-0.2, -0.15) is 0 Å². The maximum atomic E-state index is 11.4. The first kappa shape index (κ1) is 11.8. The molecular weight excluding hydrogens is 199 g/mol. The lowest BCUT2D eigenvalue weighted by Gasteiger charge is -2.24. The molecule has 0 aliphatic rings. The van der Waals surface area contributed by atoms with Gasteiger partial charge in [-0.15, -0.1) is 23.2 Å². The number of hydrogen-bond acceptors (Lipinski definition) is 1. The first-order chi connectivity index (χ1) is 5.63. The Morgan fingerprint density at radius 3 is 1.83 bits per heavy atom. The quantitative estimate of drug-likeness (QED) is 0.648. The molecule has 0 bridgehead atoms. The molecule has 0 N–H and O–H groups in total. The normalized spacial score (nSPS) is 9.67. The number of hydrogen-bond donors (Lipinski definition) is 0. The van der Waals surface area contributed by atoms with Gasteiger partial charge in [0.05, 0.1) is 0 Å². The van der Waals surface area contributed by atoms with Gasteiger partial charge in [0.25, 0.3) is 0 Å². The van der Waals surface area contributed by atoms with E-state index in [0.717, 1.165) is 0 Å². The molecule has 0 radical (unpaired) electrons. The summed E-state index contributed by atoms with van der Waals surface area (Å²) in [6.45, 7) is 1.09. The highest BCUT2D eigenvalue weighted by Crippen LogP contribution is 1.96. The summed E-state index contributed by atoms with van der Waals surface area (Å²) < 4.78 is 0. The van der Waals surface area contributed by atoms with Gasteiger partial charge in [0.1, 0.15) is 0 Å². The van der Waals surface area contributed by atoms with Crippen molar-refractivity contribution in [3.8, 4) is 0 Å². The van der Waals surface area contributed by atoms with Crippen molar-refractivity contribution in [2.45, 2.75) is 0 Å². The zero-order chi connectivity index (χ0) is 9.56. The summed E-state index contributed by atoms with van der Waals surface area (Å²) in [5, 5.41) is 0. The van der Waals surface area contributed by atoms with Crippen molar-refractivity contribution < 1.29 is 4.79 Å². The predicted molar refractivity (Wildman–Crippen MR) is 52.1 cm³/mol. The molecule has 5 heteroatoms. The van der Waals surface area contributed by atoms with Gasteiger partial charge in [0.2, 0.25) is 0 Å². The lowest BCUT2D eigenvalue weighted by Crippen LogP contribution is -2.41. The average molecular weight is 213 g/mol. The molecule has 0 spiro atoms. The molecule has 0 aliphatic heterocycles. The Morgan fingerprint density at radius 2 is 1.58 bits per heavy atom. The van der Waals surface area contributed by atoms with E-state index in [9.17, 15) is 4.79 Å². The number of halogens is 2. The highest BCUT2D eigenvalue weighted by atomic mass is 35.5. The monoisotopic (exact) mass is 212 g/mol. The lowest BCUT2D eigenvalue weighted by molar-refractivity contribution is 0.177. The molecule has 72 valence electrons. The van der Waals surface area contributed by atoms with E-state index in [4.69, 9.17) is 23.2 Å². The molecule has 12 heavy (non-hydrogen) atoms. The molecule has 0 atom stereocenters. The molecule has 0 aliphatic carbocycles. The Hall–Kier alpha value is -0.150. The summed E-state index contributed by atoms with van der Waals surface area (Å²) in [5.41, 5.74) is 0. The van der Waals surface area contributed by atoms with E-state index in [1.807, 2.05) is 0 Å². The van der Waals surface area contributed by atoms with Crippen LogP contribution in [0, 0.1) is 0 Å². The van der Waals surface area contributed by atoms with E-state index in [1.54, 1.807) is 19.0 Å². The van der Waals surface area contributed by atoms with E-state index in [-0.39, 0.29) is 6.03 Å². The number of amides is 2. The van der Waals surface area contributed by atoms with Gasteiger partial charge in [0.15, 0.2) is 0 Å². The number of carbonyl (C=O) groups excluding carboxylic acids is 1. The van der Waals surface area contributed by atoms with Gasteiger partial charge in [-0.3, -0.25) is 0 Å². The Labute approximate surface area is 83.2 Å². The zero-order valence-corrected chi connectivity index (χ0v) is 8.90. The minimum Gasteiger partial charge on any atom is -0.331 e. The van der Waals surface area contributed by atoms with Crippen LogP contribution in [0.2, 0.25) is 0 Å². The van der Waals surface area contributed by atoms with Crippen LogP contribution in [0.4, 0.5) is 4.79 Å². The summed E-state index contributed by atoms with van der Waals surface area (Å²) in [6, 6.07) is -0.0451. The minimum absolute atomic E-state index is 0.0451. The van der Waals surface area contributed by atoms with Gasteiger partial charge in [-0.05, 0) is 0 Å². The number of carbonyl (C=O) groups is 1. The van der Waals surface area contributed by atoms with Crippen LogP contribution in [0.3, 0.4) is 0 Å². The number of urea groups is 1. The highest BCUT2D eigenvalue weighted by Gasteiger charge is 2.13. The van der Waals surface area contributed by atoms with Crippen LogP contribution in [0.15, 0.2) is 0 Å². The summed E-state index contributed by atoms with van der Waals surface area (Å²) in [5.74, 6) is 0.882. The molecule has 0 saturated carbocycles. The maximum absolute atomic E-state index is 11.4. The second kappa shape index (κ2) is 6.38. The van der Waals surface area contributed by atoms with Crippen LogP contribution >= 0.6 is 23.2 Å². The van der Waals surface area contributed by atoms with Crippen molar-refractivity contribution in [2.24, 2.45) is 0 Å².